The molecule has 4 nitrogen and oxygen atoms in total. The largest absolute Gasteiger partial charge is 0.310 e. The third kappa shape index (κ3) is 3.65. The SMILES string of the molecule is CC1CCN(S(=O)(=O)c2cccc(CNC3CC3)c2)CC1. The summed E-state index contributed by atoms with van der Waals surface area (Å²) in [7, 11) is -3.33. The van der Waals surface area contributed by atoms with E-state index in [9.17, 15) is 8.42 Å². The van der Waals surface area contributed by atoms with Crippen molar-refractivity contribution in [1.82, 2.24) is 9.62 Å². The number of hydrogen-bond acceptors (Lipinski definition) is 3. The molecule has 1 saturated heterocycles. The Bertz CT molecular complexity index is 588. The van der Waals surface area contributed by atoms with Crippen LogP contribution < -0.4 is 5.32 Å². The third-order valence-corrected chi connectivity index (χ3v) is 6.35. The first-order valence-electron chi connectivity index (χ1n) is 7.88. The summed E-state index contributed by atoms with van der Waals surface area (Å²) < 4.78 is 27.0. The second-order valence-corrected chi connectivity index (χ2v) is 8.33. The molecule has 2 fully saturated rings. The molecule has 1 aromatic rings. The smallest absolute Gasteiger partial charge is 0.243 e. The molecular formula is C16H24N2O2S. The highest BCUT2D eigenvalue weighted by Gasteiger charge is 2.28. The Morgan fingerprint density at radius 1 is 1.19 bits per heavy atom. The quantitative estimate of drug-likeness (QED) is 0.908. The van der Waals surface area contributed by atoms with Gasteiger partial charge in [0.25, 0.3) is 0 Å². The molecule has 0 bridgehead atoms. The number of nitrogens with zero attached hydrogens (tertiary/aromatic N) is 1. The van der Waals surface area contributed by atoms with Gasteiger partial charge in [0, 0.05) is 25.7 Å². The Labute approximate surface area is 127 Å². The molecule has 0 spiro atoms. The summed E-state index contributed by atoms with van der Waals surface area (Å²) in [5.41, 5.74) is 1.05. The van der Waals surface area contributed by atoms with E-state index in [1.807, 2.05) is 18.2 Å². The first-order chi connectivity index (χ1) is 10.1. The molecule has 0 unspecified atom stereocenters. The van der Waals surface area contributed by atoms with E-state index in [4.69, 9.17) is 0 Å². The van der Waals surface area contributed by atoms with Crippen LogP contribution in [0.5, 0.6) is 0 Å². The number of nitrogens with one attached hydrogen (secondary N) is 1. The van der Waals surface area contributed by atoms with Crippen LogP contribution in [0.2, 0.25) is 0 Å². The number of piperidine rings is 1. The van der Waals surface area contributed by atoms with E-state index in [1.54, 1.807) is 10.4 Å². The average Bonchev–Trinajstić information content (AvgIpc) is 3.30. The van der Waals surface area contributed by atoms with Crippen molar-refractivity contribution in [3.8, 4) is 0 Å². The zero-order chi connectivity index (χ0) is 14.9. The van der Waals surface area contributed by atoms with Crippen LogP contribution in [-0.4, -0.2) is 31.9 Å². The molecule has 3 rings (SSSR count). The lowest BCUT2D eigenvalue weighted by molar-refractivity contribution is 0.288. The van der Waals surface area contributed by atoms with Crippen molar-refractivity contribution in [3.63, 3.8) is 0 Å². The minimum atomic E-state index is -3.33. The molecule has 21 heavy (non-hydrogen) atoms. The minimum absolute atomic E-state index is 0.437. The van der Waals surface area contributed by atoms with E-state index in [0.717, 1.165) is 24.9 Å². The van der Waals surface area contributed by atoms with Crippen molar-refractivity contribution in [2.45, 2.75) is 50.1 Å². The first kappa shape index (κ1) is 15.0. The monoisotopic (exact) mass is 308 g/mol. The number of benzene rings is 1. The van der Waals surface area contributed by atoms with Crippen LogP contribution in [0.15, 0.2) is 29.2 Å². The summed E-state index contributed by atoms with van der Waals surface area (Å²) in [5.74, 6) is 0.630. The molecule has 0 amide bonds. The van der Waals surface area contributed by atoms with Crippen LogP contribution in [0, 0.1) is 5.92 Å². The van der Waals surface area contributed by atoms with Crippen molar-refractivity contribution in [2.75, 3.05) is 13.1 Å². The van der Waals surface area contributed by atoms with Crippen molar-refractivity contribution in [1.29, 1.82) is 0 Å². The van der Waals surface area contributed by atoms with E-state index in [2.05, 4.69) is 12.2 Å². The topological polar surface area (TPSA) is 49.4 Å². The normalized spacial score (nSPS) is 21.6. The number of rotatable bonds is 5. The molecular weight excluding hydrogens is 284 g/mol. The summed E-state index contributed by atoms with van der Waals surface area (Å²) in [5, 5.41) is 3.43. The zero-order valence-corrected chi connectivity index (χ0v) is 13.4. The maximum absolute atomic E-state index is 12.7. The van der Waals surface area contributed by atoms with Gasteiger partial charge >= 0.3 is 0 Å². The lowest BCUT2D eigenvalue weighted by Crippen LogP contribution is -2.37. The van der Waals surface area contributed by atoms with Crippen molar-refractivity contribution in [3.05, 3.63) is 29.8 Å². The molecule has 0 atom stereocenters. The van der Waals surface area contributed by atoms with Crippen LogP contribution in [0.3, 0.4) is 0 Å². The zero-order valence-electron chi connectivity index (χ0n) is 12.6. The van der Waals surface area contributed by atoms with Crippen LogP contribution >= 0.6 is 0 Å². The summed E-state index contributed by atoms with van der Waals surface area (Å²) in [6.07, 6.45) is 4.40. The second-order valence-electron chi connectivity index (χ2n) is 6.39. The third-order valence-electron chi connectivity index (χ3n) is 4.45. The molecule has 116 valence electrons. The van der Waals surface area contributed by atoms with Gasteiger partial charge in [-0.2, -0.15) is 4.31 Å². The molecule has 1 saturated carbocycles. The lowest BCUT2D eigenvalue weighted by Gasteiger charge is -2.29. The van der Waals surface area contributed by atoms with E-state index < -0.39 is 10.0 Å². The molecule has 1 aliphatic heterocycles. The first-order valence-corrected chi connectivity index (χ1v) is 9.32. The van der Waals surface area contributed by atoms with Crippen molar-refractivity contribution >= 4 is 10.0 Å². The summed E-state index contributed by atoms with van der Waals surface area (Å²) in [6, 6.07) is 8.01. The van der Waals surface area contributed by atoms with Crippen molar-refractivity contribution in [2.24, 2.45) is 5.92 Å². The Balaban J connectivity index is 1.73. The highest BCUT2D eigenvalue weighted by atomic mass is 32.2. The van der Waals surface area contributed by atoms with Crippen LogP contribution in [0.1, 0.15) is 38.2 Å². The van der Waals surface area contributed by atoms with Crippen LogP contribution in [0.25, 0.3) is 0 Å². The Morgan fingerprint density at radius 3 is 2.57 bits per heavy atom. The molecule has 5 heteroatoms. The fourth-order valence-electron chi connectivity index (χ4n) is 2.74. The summed E-state index contributed by atoms with van der Waals surface area (Å²) in [6.45, 7) is 4.24. The fraction of sp³-hybridized carbons (Fsp3) is 0.625. The van der Waals surface area contributed by atoms with Gasteiger partial charge in [0.1, 0.15) is 0 Å². The molecule has 0 radical (unpaired) electrons. The van der Waals surface area contributed by atoms with Crippen LogP contribution in [0.4, 0.5) is 0 Å². The molecule has 1 N–H and O–H groups in total. The number of hydrogen-bond donors (Lipinski definition) is 1. The minimum Gasteiger partial charge on any atom is -0.310 e. The van der Waals surface area contributed by atoms with E-state index in [0.29, 0.717) is 29.9 Å². The van der Waals surface area contributed by atoms with Gasteiger partial charge in [0.15, 0.2) is 0 Å². The lowest BCUT2D eigenvalue weighted by atomic mass is 10.0. The Kier molecular flexibility index (Phi) is 4.33. The Morgan fingerprint density at radius 2 is 1.90 bits per heavy atom. The van der Waals surface area contributed by atoms with Gasteiger partial charge in [-0.25, -0.2) is 8.42 Å². The highest BCUT2D eigenvalue weighted by Crippen LogP contribution is 2.24. The molecule has 0 aromatic heterocycles. The van der Waals surface area contributed by atoms with E-state index in [-0.39, 0.29) is 0 Å². The molecule has 1 aromatic carbocycles. The van der Waals surface area contributed by atoms with Gasteiger partial charge in [-0.05, 0) is 49.3 Å². The number of sulfonamides is 1. The van der Waals surface area contributed by atoms with Gasteiger partial charge in [-0.3, -0.25) is 0 Å². The molecule has 2 aliphatic rings. The maximum Gasteiger partial charge on any atom is 0.243 e. The Hall–Kier alpha value is -0.910. The molecule has 1 heterocycles. The predicted molar refractivity (Wildman–Crippen MR) is 83.5 cm³/mol. The van der Waals surface area contributed by atoms with Crippen LogP contribution in [-0.2, 0) is 16.6 Å². The van der Waals surface area contributed by atoms with E-state index in [1.165, 1.54) is 12.8 Å². The van der Waals surface area contributed by atoms with Gasteiger partial charge < -0.3 is 5.32 Å². The van der Waals surface area contributed by atoms with Crippen molar-refractivity contribution < 1.29 is 8.42 Å². The van der Waals surface area contributed by atoms with Gasteiger partial charge in [0.2, 0.25) is 10.0 Å². The molecule has 1 aliphatic carbocycles. The average molecular weight is 308 g/mol. The van der Waals surface area contributed by atoms with Gasteiger partial charge in [0.05, 0.1) is 4.90 Å². The van der Waals surface area contributed by atoms with Gasteiger partial charge in [-0.1, -0.05) is 19.1 Å². The van der Waals surface area contributed by atoms with E-state index >= 15 is 0 Å². The summed E-state index contributed by atoms with van der Waals surface area (Å²) >= 11 is 0. The predicted octanol–water partition coefficient (Wildman–Crippen LogP) is 2.36. The summed E-state index contributed by atoms with van der Waals surface area (Å²) in [4.78, 5) is 0.437. The standard InChI is InChI=1S/C16H24N2O2S/c1-13-7-9-18(10-8-13)21(19,20)16-4-2-3-14(11-16)12-17-15-5-6-15/h2-4,11,13,15,17H,5-10,12H2,1H3. The van der Waals surface area contributed by atoms with Gasteiger partial charge in [-0.15, -0.1) is 0 Å². The maximum atomic E-state index is 12.7. The second kappa shape index (κ2) is 6.07. The fourth-order valence-corrected chi connectivity index (χ4v) is 4.28. The highest BCUT2D eigenvalue weighted by molar-refractivity contribution is 7.89.